The van der Waals surface area contributed by atoms with E-state index in [1.54, 1.807) is 7.11 Å². The molecule has 0 radical (unpaired) electrons. The zero-order valence-electron chi connectivity index (χ0n) is 28.0. The number of hydrogen-bond acceptors (Lipinski definition) is 6. The van der Waals surface area contributed by atoms with Gasteiger partial charge in [0.1, 0.15) is 23.6 Å². The fraction of sp³-hybridized carbons (Fsp3) is 0.341. The third-order valence-electron chi connectivity index (χ3n) is 9.87. The van der Waals surface area contributed by atoms with Crippen LogP contribution in [0.5, 0.6) is 11.5 Å². The van der Waals surface area contributed by atoms with Crippen molar-refractivity contribution in [2.75, 3.05) is 26.1 Å². The predicted molar refractivity (Wildman–Crippen MR) is 192 cm³/mol. The number of hydrogen-bond donors (Lipinski definition) is 1. The monoisotopic (exact) mass is 665 g/mol. The molecule has 0 unspecified atom stereocenters. The summed E-state index contributed by atoms with van der Waals surface area (Å²) >= 11 is 6.32. The molecule has 6 nitrogen and oxygen atoms in total. The summed E-state index contributed by atoms with van der Waals surface area (Å²) in [4.78, 5) is 13.5. The molecule has 0 amide bonds. The number of anilines is 1. The van der Waals surface area contributed by atoms with Gasteiger partial charge in [0.25, 0.3) is 0 Å². The minimum Gasteiger partial charge on any atom is -0.497 e. The highest BCUT2D eigenvalue weighted by atomic mass is 35.5. The number of allylic oxidation sites excluding steroid dienone is 1. The van der Waals surface area contributed by atoms with Crippen molar-refractivity contribution >= 4 is 29.3 Å². The van der Waals surface area contributed by atoms with Crippen LogP contribution in [0, 0.1) is 5.92 Å². The fourth-order valence-corrected chi connectivity index (χ4v) is 7.50. The predicted octanol–water partition coefficient (Wildman–Crippen LogP) is 9.40. The van der Waals surface area contributed by atoms with Crippen LogP contribution in [0.3, 0.4) is 0 Å². The number of fused-ring (bicyclic) bond motifs is 2. The average Bonchev–Trinajstić information content (AvgIpc) is 3.40. The number of benzene rings is 4. The summed E-state index contributed by atoms with van der Waals surface area (Å²) < 4.78 is 23.2. The molecule has 0 saturated heterocycles. The van der Waals surface area contributed by atoms with Gasteiger partial charge in [-0.15, -0.1) is 0 Å². The molecule has 7 heteroatoms. The summed E-state index contributed by atoms with van der Waals surface area (Å²) in [7, 11) is 3.14. The number of rotatable bonds is 13. The topological polar surface area (TPSA) is 66.0 Å². The maximum Gasteiger partial charge on any atom is 0.331 e. The van der Waals surface area contributed by atoms with Gasteiger partial charge in [0.2, 0.25) is 0 Å². The van der Waals surface area contributed by atoms with Crippen molar-refractivity contribution in [1.29, 1.82) is 0 Å². The van der Waals surface area contributed by atoms with Gasteiger partial charge < -0.3 is 24.3 Å². The van der Waals surface area contributed by atoms with E-state index < -0.39 is 5.54 Å². The zero-order chi connectivity index (χ0) is 33.6. The highest BCUT2D eigenvalue weighted by molar-refractivity contribution is 6.30. The molecule has 48 heavy (non-hydrogen) atoms. The molecule has 0 bridgehead atoms. The lowest BCUT2D eigenvalue weighted by Crippen LogP contribution is -2.52. The Balaban J connectivity index is 1.23. The van der Waals surface area contributed by atoms with E-state index in [0.29, 0.717) is 43.6 Å². The summed E-state index contributed by atoms with van der Waals surface area (Å²) in [5, 5.41) is 4.16. The van der Waals surface area contributed by atoms with Crippen molar-refractivity contribution in [3.05, 3.63) is 130 Å². The van der Waals surface area contributed by atoms with Crippen molar-refractivity contribution in [2.24, 2.45) is 5.92 Å². The maximum atomic E-state index is 13.5. The van der Waals surface area contributed by atoms with Crippen LogP contribution in [-0.2, 0) is 32.9 Å². The molecule has 1 atom stereocenters. The fourth-order valence-electron chi connectivity index (χ4n) is 7.31. The molecule has 2 aliphatic rings. The van der Waals surface area contributed by atoms with Crippen LogP contribution in [-0.4, -0.2) is 32.3 Å². The normalized spacial score (nSPS) is 20.5. The minimum atomic E-state index is -0.854. The molecule has 2 aliphatic carbocycles. The second kappa shape index (κ2) is 14.9. The van der Waals surface area contributed by atoms with Gasteiger partial charge in [-0.2, -0.15) is 0 Å². The lowest BCUT2D eigenvalue weighted by Gasteiger charge is -2.46. The molecule has 0 aliphatic heterocycles. The molecule has 1 spiro atoms. The van der Waals surface area contributed by atoms with Gasteiger partial charge in [-0.05, 0) is 103 Å². The highest BCUT2D eigenvalue weighted by Crippen LogP contribution is 2.56. The molecule has 4 aromatic rings. The Morgan fingerprint density at radius 2 is 1.56 bits per heavy atom. The lowest BCUT2D eigenvalue weighted by molar-refractivity contribution is -0.147. The second-order valence-electron chi connectivity index (χ2n) is 13.2. The van der Waals surface area contributed by atoms with Crippen LogP contribution in [0.4, 0.5) is 5.69 Å². The van der Waals surface area contributed by atoms with E-state index in [9.17, 15) is 4.79 Å². The number of esters is 1. The average molecular weight is 666 g/mol. The molecule has 1 fully saturated rings. The Bertz CT molecular complexity index is 1730. The Hall–Kier alpha value is -4.26. The molecular weight excluding hydrogens is 622 g/mol. The van der Waals surface area contributed by atoms with Crippen LogP contribution in [0.25, 0.3) is 6.08 Å². The summed E-state index contributed by atoms with van der Waals surface area (Å²) in [5.41, 5.74) is 5.86. The third-order valence-corrected chi connectivity index (χ3v) is 10.1. The van der Waals surface area contributed by atoms with Crippen LogP contribution >= 0.6 is 11.6 Å². The number of ether oxygens (including phenoxy) is 4. The van der Waals surface area contributed by atoms with E-state index in [1.807, 2.05) is 66.7 Å². The SMILES string of the molecule is COC(=O)C1(Nc2cccc(Cl)c2)CCC2(CC1)C(C[C@@H](C)COCc1ccc(OC)cc1)=Cc1ccc(OCc3ccccc3)cc12. The summed E-state index contributed by atoms with van der Waals surface area (Å²) in [6, 6.07) is 32.2. The van der Waals surface area contributed by atoms with E-state index in [-0.39, 0.29) is 11.4 Å². The summed E-state index contributed by atoms with van der Waals surface area (Å²) in [6.07, 6.45) is 6.06. The number of methoxy groups -OCH3 is 2. The molecule has 6 rings (SSSR count). The first-order valence-electron chi connectivity index (χ1n) is 16.7. The first-order valence-corrected chi connectivity index (χ1v) is 17.1. The van der Waals surface area contributed by atoms with E-state index in [4.69, 9.17) is 30.5 Å². The number of halogens is 1. The van der Waals surface area contributed by atoms with Crippen LogP contribution in [0.15, 0.2) is 103 Å². The number of carbonyl (C=O) groups excluding carboxylic acids is 1. The third kappa shape index (κ3) is 7.40. The lowest BCUT2D eigenvalue weighted by atomic mass is 9.61. The molecule has 4 aromatic carbocycles. The molecular formula is C41H44ClNO5. The van der Waals surface area contributed by atoms with Gasteiger partial charge >= 0.3 is 5.97 Å². The van der Waals surface area contributed by atoms with Crippen molar-refractivity contribution in [3.63, 3.8) is 0 Å². The smallest absolute Gasteiger partial charge is 0.331 e. The van der Waals surface area contributed by atoms with Crippen LogP contribution < -0.4 is 14.8 Å². The Kier molecular flexibility index (Phi) is 10.4. The Morgan fingerprint density at radius 1 is 0.833 bits per heavy atom. The Labute approximate surface area is 289 Å². The second-order valence-corrected chi connectivity index (χ2v) is 13.6. The molecule has 1 saturated carbocycles. The molecule has 1 N–H and O–H groups in total. The van der Waals surface area contributed by atoms with E-state index in [2.05, 4.69) is 48.6 Å². The molecule has 250 valence electrons. The van der Waals surface area contributed by atoms with Crippen LogP contribution in [0.2, 0.25) is 5.02 Å². The van der Waals surface area contributed by atoms with Crippen molar-refractivity contribution in [3.8, 4) is 11.5 Å². The zero-order valence-corrected chi connectivity index (χ0v) is 28.7. The van der Waals surface area contributed by atoms with Crippen molar-refractivity contribution < 1.29 is 23.7 Å². The quantitative estimate of drug-likeness (QED) is 0.144. The van der Waals surface area contributed by atoms with Gasteiger partial charge in [0, 0.05) is 22.7 Å². The first-order chi connectivity index (χ1) is 23.3. The van der Waals surface area contributed by atoms with Crippen LogP contribution in [0.1, 0.15) is 61.3 Å². The number of nitrogens with one attached hydrogen (secondary N) is 1. The number of carbonyl (C=O) groups is 1. The van der Waals surface area contributed by atoms with Gasteiger partial charge in [-0.1, -0.05) is 84.8 Å². The van der Waals surface area contributed by atoms with Crippen molar-refractivity contribution in [1.82, 2.24) is 0 Å². The van der Waals surface area contributed by atoms with Gasteiger partial charge in [-0.25, -0.2) is 4.79 Å². The Morgan fingerprint density at radius 3 is 2.27 bits per heavy atom. The maximum absolute atomic E-state index is 13.5. The van der Waals surface area contributed by atoms with Gasteiger partial charge in [0.05, 0.1) is 20.8 Å². The standard InChI is InChI=1S/C41H44ClNO5/c1-29(26-47-27-31-12-15-36(45-2)16-13-31)22-33-23-32-14-17-37(48-28-30-8-5-4-6-9-30)25-38(32)40(33)18-20-41(21-19-40,39(44)46-3)43-35-11-7-10-34(42)24-35/h4-17,23-25,29,43H,18-22,26-28H2,1-3H3/t29-,40?,41?/m1/s1. The van der Waals surface area contributed by atoms with Crippen molar-refractivity contribution in [2.45, 2.75) is 63.2 Å². The largest absolute Gasteiger partial charge is 0.497 e. The van der Waals surface area contributed by atoms with E-state index in [0.717, 1.165) is 47.6 Å². The van der Waals surface area contributed by atoms with E-state index >= 15 is 0 Å². The molecule has 0 aromatic heterocycles. The van der Waals surface area contributed by atoms with Gasteiger partial charge in [0.15, 0.2) is 0 Å². The van der Waals surface area contributed by atoms with Gasteiger partial charge in [-0.3, -0.25) is 0 Å². The minimum absolute atomic E-state index is 0.223. The molecule has 0 heterocycles. The summed E-state index contributed by atoms with van der Waals surface area (Å²) in [5.74, 6) is 1.74. The van der Waals surface area contributed by atoms with E-state index in [1.165, 1.54) is 23.8 Å². The summed E-state index contributed by atoms with van der Waals surface area (Å²) in [6.45, 7) is 3.95. The highest BCUT2D eigenvalue weighted by Gasteiger charge is 2.52. The first kappa shape index (κ1) is 33.6.